The molecule has 6 heteroatoms. The van der Waals surface area contributed by atoms with Crippen LogP contribution in [0.25, 0.3) is 0 Å². The molecule has 0 saturated heterocycles. The molecule has 0 aliphatic rings. The van der Waals surface area contributed by atoms with Gasteiger partial charge in [-0.3, -0.25) is 0 Å². The van der Waals surface area contributed by atoms with Crippen molar-refractivity contribution in [2.45, 2.75) is 31.2 Å². The summed E-state index contributed by atoms with van der Waals surface area (Å²) < 4.78 is 24.6. The minimum Gasteiger partial charge on any atom is -0.395 e. The Bertz CT molecular complexity index is 500. The fourth-order valence-corrected chi connectivity index (χ4v) is 3.34. The average Bonchev–Trinajstić information content (AvgIpc) is 2.50. The Hall–Kier alpha value is -0.950. The van der Waals surface area contributed by atoms with E-state index in [2.05, 4.69) is 6.92 Å². The second-order valence-corrected chi connectivity index (χ2v) is 7.19. The number of sulfone groups is 1. The van der Waals surface area contributed by atoms with Gasteiger partial charge in [0.15, 0.2) is 9.84 Å². The van der Waals surface area contributed by atoms with Crippen molar-refractivity contribution in [3.8, 4) is 0 Å². The monoisotopic (exact) mass is 314 g/mol. The second kappa shape index (κ2) is 9.15. The molecular weight excluding hydrogens is 288 g/mol. The van der Waals surface area contributed by atoms with E-state index in [1.807, 2.05) is 4.90 Å². The Morgan fingerprint density at radius 1 is 1.14 bits per heavy atom. The lowest BCUT2D eigenvalue weighted by molar-refractivity contribution is 0.201. The first-order valence-electron chi connectivity index (χ1n) is 7.38. The van der Waals surface area contributed by atoms with E-state index in [1.165, 1.54) is 0 Å². The van der Waals surface area contributed by atoms with Gasteiger partial charge in [-0.15, -0.1) is 0 Å². The SMILES string of the molecule is CCCCN(CCO)CCS(=O)(=O)c1ccc(CN)cc1. The Balaban J connectivity index is 2.65. The number of benzene rings is 1. The van der Waals surface area contributed by atoms with E-state index < -0.39 is 9.84 Å². The molecule has 0 amide bonds. The molecule has 5 nitrogen and oxygen atoms in total. The minimum absolute atomic E-state index is 0.0506. The Morgan fingerprint density at radius 3 is 2.33 bits per heavy atom. The summed E-state index contributed by atoms with van der Waals surface area (Å²) in [5.74, 6) is 0.0681. The van der Waals surface area contributed by atoms with Crippen molar-refractivity contribution in [1.29, 1.82) is 0 Å². The molecule has 0 spiro atoms. The van der Waals surface area contributed by atoms with Crippen LogP contribution in [0.3, 0.4) is 0 Å². The number of aliphatic hydroxyl groups is 1. The maximum Gasteiger partial charge on any atom is 0.179 e. The van der Waals surface area contributed by atoms with Crippen molar-refractivity contribution >= 4 is 9.84 Å². The topological polar surface area (TPSA) is 83.6 Å². The van der Waals surface area contributed by atoms with Crippen molar-refractivity contribution in [3.05, 3.63) is 29.8 Å². The van der Waals surface area contributed by atoms with Crippen LogP contribution in [0.5, 0.6) is 0 Å². The number of nitrogens with zero attached hydrogens (tertiary/aromatic N) is 1. The minimum atomic E-state index is -3.29. The highest BCUT2D eigenvalue weighted by atomic mass is 32.2. The largest absolute Gasteiger partial charge is 0.395 e. The van der Waals surface area contributed by atoms with Crippen LogP contribution in [0.4, 0.5) is 0 Å². The van der Waals surface area contributed by atoms with Gasteiger partial charge < -0.3 is 15.7 Å². The van der Waals surface area contributed by atoms with E-state index in [-0.39, 0.29) is 12.4 Å². The lowest BCUT2D eigenvalue weighted by Gasteiger charge is -2.20. The number of hydrogen-bond donors (Lipinski definition) is 2. The third kappa shape index (κ3) is 6.13. The van der Waals surface area contributed by atoms with E-state index >= 15 is 0 Å². The summed E-state index contributed by atoms with van der Waals surface area (Å²) in [6.45, 7) is 4.32. The number of nitrogens with two attached hydrogens (primary N) is 1. The van der Waals surface area contributed by atoms with Crippen molar-refractivity contribution < 1.29 is 13.5 Å². The average molecular weight is 314 g/mol. The summed E-state index contributed by atoms with van der Waals surface area (Å²) in [5, 5.41) is 9.04. The summed E-state index contributed by atoms with van der Waals surface area (Å²) >= 11 is 0. The highest BCUT2D eigenvalue weighted by molar-refractivity contribution is 7.91. The number of aliphatic hydroxyl groups excluding tert-OH is 1. The first-order valence-corrected chi connectivity index (χ1v) is 9.03. The molecule has 0 fully saturated rings. The molecule has 21 heavy (non-hydrogen) atoms. The fraction of sp³-hybridized carbons (Fsp3) is 0.600. The van der Waals surface area contributed by atoms with Gasteiger partial charge in [-0.2, -0.15) is 0 Å². The molecular formula is C15H26N2O3S. The van der Waals surface area contributed by atoms with Crippen LogP contribution >= 0.6 is 0 Å². The molecule has 1 aromatic rings. The lowest BCUT2D eigenvalue weighted by Crippen LogP contribution is -2.32. The second-order valence-electron chi connectivity index (χ2n) is 5.09. The van der Waals surface area contributed by atoms with E-state index in [0.29, 0.717) is 24.5 Å². The standard InChI is InChI=1S/C15H26N2O3S/c1-2-3-8-17(9-11-18)10-12-21(19,20)15-6-4-14(13-16)5-7-15/h4-7,18H,2-3,8-13,16H2,1H3. The summed E-state index contributed by atoms with van der Waals surface area (Å²) in [6, 6.07) is 6.71. The van der Waals surface area contributed by atoms with Crippen LogP contribution in [-0.2, 0) is 16.4 Å². The van der Waals surface area contributed by atoms with Crippen molar-refractivity contribution in [1.82, 2.24) is 4.90 Å². The van der Waals surface area contributed by atoms with Crippen LogP contribution in [0.2, 0.25) is 0 Å². The highest BCUT2D eigenvalue weighted by Gasteiger charge is 2.16. The lowest BCUT2D eigenvalue weighted by atomic mass is 10.2. The molecule has 0 bridgehead atoms. The van der Waals surface area contributed by atoms with Crippen LogP contribution in [0, 0.1) is 0 Å². The Labute approximate surface area is 127 Å². The zero-order valence-corrected chi connectivity index (χ0v) is 13.5. The van der Waals surface area contributed by atoms with Gasteiger partial charge in [0.2, 0.25) is 0 Å². The van der Waals surface area contributed by atoms with Crippen LogP contribution in [-0.4, -0.2) is 50.4 Å². The molecule has 0 saturated carbocycles. The summed E-state index contributed by atoms with van der Waals surface area (Å²) in [4.78, 5) is 2.33. The summed E-state index contributed by atoms with van der Waals surface area (Å²) in [5.41, 5.74) is 6.42. The van der Waals surface area contributed by atoms with E-state index in [0.717, 1.165) is 24.9 Å². The van der Waals surface area contributed by atoms with Gasteiger partial charge in [0.25, 0.3) is 0 Å². The molecule has 0 heterocycles. The van der Waals surface area contributed by atoms with Gasteiger partial charge in [-0.25, -0.2) is 8.42 Å². The molecule has 0 unspecified atom stereocenters. The molecule has 1 aromatic carbocycles. The first kappa shape index (κ1) is 18.1. The maximum absolute atomic E-state index is 12.3. The molecule has 3 N–H and O–H groups in total. The normalized spacial score (nSPS) is 12.0. The van der Waals surface area contributed by atoms with Gasteiger partial charge in [0.05, 0.1) is 17.3 Å². The van der Waals surface area contributed by atoms with Gasteiger partial charge >= 0.3 is 0 Å². The smallest absolute Gasteiger partial charge is 0.179 e. The molecule has 0 aliphatic carbocycles. The molecule has 0 atom stereocenters. The molecule has 120 valence electrons. The van der Waals surface area contributed by atoms with Crippen LogP contribution < -0.4 is 5.73 Å². The van der Waals surface area contributed by atoms with Gasteiger partial charge in [0.1, 0.15) is 0 Å². The molecule has 0 aromatic heterocycles. The molecule has 1 rings (SSSR count). The van der Waals surface area contributed by atoms with Crippen molar-refractivity contribution in [2.24, 2.45) is 5.73 Å². The maximum atomic E-state index is 12.3. The van der Waals surface area contributed by atoms with E-state index in [9.17, 15) is 8.42 Å². The zero-order valence-electron chi connectivity index (χ0n) is 12.7. The van der Waals surface area contributed by atoms with E-state index in [1.54, 1.807) is 24.3 Å². The Morgan fingerprint density at radius 2 is 1.81 bits per heavy atom. The quantitative estimate of drug-likeness (QED) is 0.673. The first-order chi connectivity index (χ1) is 10.0. The molecule has 0 radical (unpaired) electrons. The van der Waals surface area contributed by atoms with Crippen LogP contribution in [0.1, 0.15) is 25.3 Å². The number of hydrogen-bond acceptors (Lipinski definition) is 5. The number of rotatable bonds is 10. The van der Waals surface area contributed by atoms with Crippen molar-refractivity contribution in [2.75, 3.05) is 32.0 Å². The van der Waals surface area contributed by atoms with Gasteiger partial charge in [0, 0.05) is 19.6 Å². The highest BCUT2D eigenvalue weighted by Crippen LogP contribution is 2.13. The van der Waals surface area contributed by atoms with Crippen LogP contribution in [0.15, 0.2) is 29.2 Å². The third-order valence-corrected chi connectivity index (χ3v) is 5.15. The molecule has 0 aliphatic heterocycles. The zero-order chi connectivity index (χ0) is 15.7. The third-order valence-electron chi connectivity index (χ3n) is 3.44. The fourth-order valence-electron chi connectivity index (χ4n) is 2.06. The number of unbranched alkanes of at least 4 members (excludes halogenated alkanes) is 1. The predicted molar refractivity (Wildman–Crippen MR) is 84.8 cm³/mol. The van der Waals surface area contributed by atoms with Gasteiger partial charge in [-0.05, 0) is 30.7 Å². The predicted octanol–water partition coefficient (Wildman–Crippen LogP) is 1.01. The van der Waals surface area contributed by atoms with Crippen molar-refractivity contribution in [3.63, 3.8) is 0 Å². The summed E-state index contributed by atoms with van der Waals surface area (Å²) in [6.07, 6.45) is 2.06. The summed E-state index contributed by atoms with van der Waals surface area (Å²) in [7, 11) is -3.29. The Kier molecular flexibility index (Phi) is 7.88. The van der Waals surface area contributed by atoms with Gasteiger partial charge in [-0.1, -0.05) is 25.5 Å². The van der Waals surface area contributed by atoms with E-state index in [4.69, 9.17) is 10.8 Å².